The van der Waals surface area contributed by atoms with Crippen LogP contribution in [0.25, 0.3) is 0 Å². The first-order valence-electron chi connectivity index (χ1n) is 7.26. The first kappa shape index (κ1) is 15.1. The van der Waals surface area contributed by atoms with Crippen molar-refractivity contribution in [2.24, 2.45) is 0 Å². The van der Waals surface area contributed by atoms with E-state index in [0.29, 0.717) is 30.5 Å². The van der Waals surface area contributed by atoms with Crippen LogP contribution in [0.15, 0.2) is 24.8 Å². The number of methoxy groups -OCH3 is 1. The summed E-state index contributed by atoms with van der Waals surface area (Å²) in [5.74, 6) is 0.641. The second kappa shape index (κ2) is 6.55. The van der Waals surface area contributed by atoms with E-state index in [1.807, 2.05) is 6.92 Å². The molecule has 8 nitrogen and oxygen atoms in total. The van der Waals surface area contributed by atoms with Crippen LogP contribution < -0.4 is 9.47 Å². The quantitative estimate of drug-likeness (QED) is 0.827. The number of rotatable bonds is 4. The van der Waals surface area contributed by atoms with Crippen LogP contribution in [0.1, 0.15) is 22.6 Å². The molecule has 2 aromatic heterocycles. The van der Waals surface area contributed by atoms with Crippen molar-refractivity contribution in [2.75, 3.05) is 20.2 Å². The van der Waals surface area contributed by atoms with Gasteiger partial charge in [0.1, 0.15) is 11.8 Å². The van der Waals surface area contributed by atoms with Gasteiger partial charge in [0, 0.05) is 19.2 Å². The molecule has 1 aliphatic heterocycles. The predicted molar refractivity (Wildman–Crippen MR) is 80.3 cm³/mol. The van der Waals surface area contributed by atoms with Crippen LogP contribution in [0, 0.1) is 6.92 Å². The molecule has 1 unspecified atom stereocenters. The van der Waals surface area contributed by atoms with Crippen LogP contribution in [0.4, 0.5) is 0 Å². The fraction of sp³-hybridized carbons (Fsp3) is 0.400. The molecule has 1 aliphatic rings. The minimum Gasteiger partial charge on any atom is -0.480 e. The van der Waals surface area contributed by atoms with Crippen molar-refractivity contribution in [1.29, 1.82) is 0 Å². The second-order valence-electron chi connectivity index (χ2n) is 5.22. The Morgan fingerprint density at radius 3 is 2.78 bits per heavy atom. The number of nitrogens with zero attached hydrogens (tertiary/aromatic N) is 5. The number of aryl methyl sites for hydroxylation is 1. The standard InChI is InChI=1S/C15H17N5O3/c1-10-5-18-12(6-17-10)15(21)20-4-3-11(9-20)23-14-8-16-7-13(19-14)22-2/h5-8,11H,3-4,9H2,1-2H3. The second-order valence-corrected chi connectivity index (χ2v) is 5.22. The molecule has 2 aromatic rings. The highest BCUT2D eigenvalue weighted by atomic mass is 16.5. The van der Waals surface area contributed by atoms with Gasteiger partial charge < -0.3 is 14.4 Å². The molecule has 1 fully saturated rings. The van der Waals surface area contributed by atoms with Gasteiger partial charge >= 0.3 is 0 Å². The minimum absolute atomic E-state index is 0.126. The average molecular weight is 315 g/mol. The van der Waals surface area contributed by atoms with E-state index >= 15 is 0 Å². The number of aromatic nitrogens is 4. The van der Waals surface area contributed by atoms with E-state index in [1.54, 1.807) is 11.1 Å². The lowest BCUT2D eigenvalue weighted by atomic mass is 10.3. The van der Waals surface area contributed by atoms with Crippen LogP contribution in [0.2, 0.25) is 0 Å². The van der Waals surface area contributed by atoms with E-state index in [9.17, 15) is 4.79 Å². The third kappa shape index (κ3) is 3.53. The lowest BCUT2D eigenvalue weighted by Gasteiger charge is -2.16. The Bertz CT molecular complexity index is 692. The lowest BCUT2D eigenvalue weighted by Crippen LogP contribution is -2.31. The molecule has 0 radical (unpaired) electrons. The number of amides is 1. The highest BCUT2D eigenvalue weighted by Crippen LogP contribution is 2.19. The van der Waals surface area contributed by atoms with E-state index in [4.69, 9.17) is 9.47 Å². The molecule has 1 saturated heterocycles. The van der Waals surface area contributed by atoms with E-state index < -0.39 is 0 Å². The van der Waals surface area contributed by atoms with E-state index in [0.717, 1.165) is 12.1 Å². The van der Waals surface area contributed by atoms with Crippen molar-refractivity contribution >= 4 is 5.91 Å². The fourth-order valence-electron chi connectivity index (χ4n) is 2.33. The third-order valence-electron chi connectivity index (χ3n) is 3.52. The number of likely N-dealkylation sites (tertiary alicyclic amines) is 1. The van der Waals surface area contributed by atoms with Crippen LogP contribution in [-0.4, -0.2) is 57.0 Å². The highest BCUT2D eigenvalue weighted by molar-refractivity contribution is 5.92. The molecule has 1 amide bonds. The SMILES string of the molecule is COc1cncc(OC2CCN(C(=O)c3cnc(C)cn3)C2)n1. The summed E-state index contributed by atoms with van der Waals surface area (Å²) < 4.78 is 10.8. The average Bonchev–Trinajstić information content (AvgIpc) is 3.03. The first-order valence-corrected chi connectivity index (χ1v) is 7.26. The van der Waals surface area contributed by atoms with E-state index in [-0.39, 0.29) is 12.0 Å². The van der Waals surface area contributed by atoms with Gasteiger partial charge in [0.2, 0.25) is 11.8 Å². The normalized spacial score (nSPS) is 17.1. The predicted octanol–water partition coefficient (Wildman–Crippen LogP) is 0.877. The number of hydrogen-bond acceptors (Lipinski definition) is 7. The van der Waals surface area contributed by atoms with Crippen LogP contribution in [0.3, 0.4) is 0 Å². The molecule has 0 N–H and O–H groups in total. The van der Waals surface area contributed by atoms with Crippen molar-refractivity contribution < 1.29 is 14.3 Å². The minimum atomic E-state index is -0.139. The van der Waals surface area contributed by atoms with Crippen molar-refractivity contribution in [3.8, 4) is 11.8 Å². The summed E-state index contributed by atoms with van der Waals surface area (Å²) in [6.45, 7) is 2.92. The molecular formula is C15H17N5O3. The zero-order valence-electron chi connectivity index (χ0n) is 13.0. The van der Waals surface area contributed by atoms with Gasteiger partial charge in [-0.25, -0.2) is 4.98 Å². The zero-order chi connectivity index (χ0) is 16.2. The molecule has 8 heteroatoms. The number of carbonyl (C=O) groups is 1. The molecule has 3 heterocycles. The van der Waals surface area contributed by atoms with Crippen molar-refractivity contribution in [2.45, 2.75) is 19.4 Å². The molecule has 3 rings (SSSR count). The Balaban J connectivity index is 1.61. The van der Waals surface area contributed by atoms with Crippen molar-refractivity contribution in [3.05, 3.63) is 36.2 Å². The van der Waals surface area contributed by atoms with Gasteiger partial charge in [0.15, 0.2) is 0 Å². The molecule has 23 heavy (non-hydrogen) atoms. The first-order chi connectivity index (χ1) is 11.2. The summed E-state index contributed by atoms with van der Waals surface area (Å²) >= 11 is 0. The number of carbonyl (C=O) groups excluding carboxylic acids is 1. The summed E-state index contributed by atoms with van der Waals surface area (Å²) in [5, 5.41) is 0. The summed E-state index contributed by atoms with van der Waals surface area (Å²) in [7, 11) is 1.52. The Labute approximate surface area is 133 Å². The molecular weight excluding hydrogens is 298 g/mol. The lowest BCUT2D eigenvalue weighted by molar-refractivity contribution is 0.0764. The van der Waals surface area contributed by atoms with Crippen LogP contribution in [-0.2, 0) is 0 Å². The van der Waals surface area contributed by atoms with Crippen LogP contribution in [0.5, 0.6) is 11.8 Å². The number of hydrogen-bond donors (Lipinski definition) is 0. The summed E-state index contributed by atoms with van der Waals surface area (Å²) in [6, 6.07) is 0. The third-order valence-corrected chi connectivity index (χ3v) is 3.52. The van der Waals surface area contributed by atoms with Gasteiger partial charge in [-0.3, -0.25) is 14.8 Å². The Morgan fingerprint density at radius 1 is 1.22 bits per heavy atom. The van der Waals surface area contributed by atoms with Gasteiger partial charge in [-0.05, 0) is 6.92 Å². The summed E-state index contributed by atoms with van der Waals surface area (Å²) in [6.07, 6.45) is 6.72. The molecule has 0 saturated carbocycles. The molecule has 1 atom stereocenters. The Hall–Kier alpha value is -2.77. The summed E-state index contributed by atoms with van der Waals surface area (Å²) in [4.78, 5) is 30.5. The van der Waals surface area contributed by atoms with Crippen LogP contribution >= 0.6 is 0 Å². The molecule has 0 aliphatic carbocycles. The highest BCUT2D eigenvalue weighted by Gasteiger charge is 2.29. The van der Waals surface area contributed by atoms with E-state index in [2.05, 4.69) is 19.9 Å². The molecule has 120 valence electrons. The smallest absolute Gasteiger partial charge is 0.274 e. The topological polar surface area (TPSA) is 90.3 Å². The summed E-state index contributed by atoms with van der Waals surface area (Å²) in [5.41, 5.74) is 1.12. The maximum Gasteiger partial charge on any atom is 0.274 e. The van der Waals surface area contributed by atoms with Gasteiger partial charge in [-0.15, -0.1) is 0 Å². The number of ether oxygens (including phenoxy) is 2. The monoisotopic (exact) mass is 315 g/mol. The molecule has 0 aromatic carbocycles. The maximum atomic E-state index is 12.4. The maximum absolute atomic E-state index is 12.4. The van der Waals surface area contributed by atoms with Crippen molar-refractivity contribution in [1.82, 2.24) is 24.8 Å². The van der Waals surface area contributed by atoms with Gasteiger partial charge in [-0.1, -0.05) is 0 Å². The van der Waals surface area contributed by atoms with Gasteiger partial charge in [0.05, 0.1) is 37.9 Å². The zero-order valence-corrected chi connectivity index (χ0v) is 13.0. The Morgan fingerprint density at radius 2 is 2.04 bits per heavy atom. The Kier molecular flexibility index (Phi) is 4.31. The largest absolute Gasteiger partial charge is 0.480 e. The molecule has 0 spiro atoms. The fourth-order valence-corrected chi connectivity index (χ4v) is 2.33. The van der Waals surface area contributed by atoms with Gasteiger partial charge in [0.25, 0.3) is 5.91 Å². The van der Waals surface area contributed by atoms with E-state index in [1.165, 1.54) is 25.7 Å². The molecule has 0 bridgehead atoms. The van der Waals surface area contributed by atoms with Gasteiger partial charge in [-0.2, -0.15) is 4.98 Å². The van der Waals surface area contributed by atoms with Crippen molar-refractivity contribution in [3.63, 3.8) is 0 Å².